The highest BCUT2D eigenvalue weighted by molar-refractivity contribution is 5.92. The minimum absolute atomic E-state index is 0.241. The van der Waals surface area contributed by atoms with Crippen molar-refractivity contribution in [2.75, 3.05) is 25.1 Å². The molecule has 0 unspecified atom stereocenters. The number of ether oxygens (including phenoxy) is 1. The quantitative estimate of drug-likeness (QED) is 0.592. The van der Waals surface area contributed by atoms with Crippen molar-refractivity contribution in [3.05, 3.63) is 43.1 Å². The molecule has 2 aromatic rings. The summed E-state index contributed by atoms with van der Waals surface area (Å²) in [6, 6.07) is 7.17. The Labute approximate surface area is 112 Å². The van der Waals surface area contributed by atoms with Gasteiger partial charge in [-0.3, -0.25) is 0 Å². The van der Waals surface area contributed by atoms with Gasteiger partial charge in [0, 0.05) is 18.1 Å². The zero-order chi connectivity index (χ0) is 13.5. The molecular formula is C15H18N2O2. The van der Waals surface area contributed by atoms with Crippen molar-refractivity contribution >= 4 is 16.6 Å². The minimum Gasteiger partial charge on any atom is -0.508 e. The number of benzene rings is 1. The summed E-state index contributed by atoms with van der Waals surface area (Å²) >= 11 is 0. The Morgan fingerprint density at radius 1 is 1.32 bits per heavy atom. The van der Waals surface area contributed by atoms with Gasteiger partial charge in [-0.05, 0) is 30.0 Å². The van der Waals surface area contributed by atoms with Crippen LogP contribution in [-0.4, -0.2) is 29.8 Å². The zero-order valence-electron chi connectivity index (χ0n) is 10.8. The Morgan fingerprint density at radius 3 is 3.05 bits per heavy atom. The molecule has 1 heterocycles. The predicted octanol–water partition coefficient (Wildman–Crippen LogP) is 2.95. The van der Waals surface area contributed by atoms with Gasteiger partial charge in [0.15, 0.2) is 0 Å². The van der Waals surface area contributed by atoms with Gasteiger partial charge in [-0.2, -0.15) is 0 Å². The molecule has 2 N–H and O–H groups in total. The molecule has 100 valence electrons. The van der Waals surface area contributed by atoms with E-state index in [-0.39, 0.29) is 5.75 Å². The summed E-state index contributed by atoms with van der Waals surface area (Å²) in [7, 11) is 0. The maximum Gasteiger partial charge on any atom is 0.134 e. The third-order valence-electron chi connectivity index (χ3n) is 2.75. The largest absolute Gasteiger partial charge is 0.508 e. The van der Waals surface area contributed by atoms with E-state index >= 15 is 0 Å². The molecule has 0 saturated heterocycles. The lowest BCUT2D eigenvalue weighted by Gasteiger charge is -2.09. The molecule has 19 heavy (non-hydrogen) atoms. The summed E-state index contributed by atoms with van der Waals surface area (Å²) in [5.74, 6) is 1.01. The molecular weight excluding hydrogens is 240 g/mol. The molecule has 0 radical (unpaired) electrons. The molecule has 1 aromatic heterocycles. The number of nitrogens with one attached hydrogen (secondary N) is 1. The van der Waals surface area contributed by atoms with E-state index in [2.05, 4.69) is 16.9 Å². The Morgan fingerprint density at radius 2 is 2.21 bits per heavy atom. The van der Waals surface area contributed by atoms with Crippen LogP contribution in [0.25, 0.3) is 10.8 Å². The van der Waals surface area contributed by atoms with Crippen molar-refractivity contribution < 1.29 is 9.84 Å². The van der Waals surface area contributed by atoms with Crippen LogP contribution >= 0.6 is 0 Å². The van der Waals surface area contributed by atoms with E-state index in [1.165, 1.54) is 0 Å². The smallest absolute Gasteiger partial charge is 0.134 e. The first kappa shape index (κ1) is 13.4. The van der Waals surface area contributed by atoms with E-state index in [1.807, 2.05) is 18.2 Å². The van der Waals surface area contributed by atoms with E-state index in [0.717, 1.165) is 23.0 Å². The average molecular weight is 258 g/mol. The highest BCUT2D eigenvalue weighted by Crippen LogP contribution is 2.24. The first-order valence-corrected chi connectivity index (χ1v) is 6.31. The topological polar surface area (TPSA) is 54.4 Å². The maximum atomic E-state index is 9.53. The van der Waals surface area contributed by atoms with Gasteiger partial charge >= 0.3 is 0 Å². The number of anilines is 1. The van der Waals surface area contributed by atoms with Crippen molar-refractivity contribution in [3.63, 3.8) is 0 Å². The van der Waals surface area contributed by atoms with Crippen LogP contribution < -0.4 is 5.32 Å². The number of aromatic hydroxyl groups is 1. The van der Waals surface area contributed by atoms with Crippen LogP contribution in [0.5, 0.6) is 5.75 Å². The summed E-state index contributed by atoms with van der Waals surface area (Å²) in [6.07, 6.45) is 4.45. The standard InChI is InChI=1S/C15H18N2O2/c1-2-3-9-19-10-8-17-15-14-11-13(18)5-4-12(14)6-7-16-15/h2,4-7,11,18H,1,3,8-10H2,(H,16,17). The molecule has 0 fully saturated rings. The zero-order valence-corrected chi connectivity index (χ0v) is 10.8. The van der Waals surface area contributed by atoms with Gasteiger partial charge in [0.1, 0.15) is 11.6 Å². The highest BCUT2D eigenvalue weighted by Gasteiger charge is 2.02. The monoisotopic (exact) mass is 258 g/mol. The SMILES string of the molecule is C=CCCOCCNc1nccc2ccc(O)cc12. The molecule has 1 aromatic carbocycles. The number of hydrogen-bond acceptors (Lipinski definition) is 4. The molecule has 0 saturated carbocycles. The number of phenols is 1. The number of fused-ring (bicyclic) bond motifs is 1. The van der Waals surface area contributed by atoms with Gasteiger partial charge in [-0.1, -0.05) is 12.1 Å². The first-order chi connectivity index (χ1) is 9.31. The second-order valence-corrected chi connectivity index (χ2v) is 4.18. The summed E-state index contributed by atoms with van der Waals surface area (Å²) in [5.41, 5.74) is 0. The summed E-state index contributed by atoms with van der Waals surface area (Å²) in [6.45, 7) is 5.62. The molecule has 0 bridgehead atoms. The van der Waals surface area contributed by atoms with Crippen LogP contribution in [0, 0.1) is 0 Å². The molecule has 0 spiro atoms. The van der Waals surface area contributed by atoms with Gasteiger partial charge in [-0.25, -0.2) is 4.98 Å². The van der Waals surface area contributed by atoms with Crippen molar-refractivity contribution in [1.29, 1.82) is 0 Å². The fraction of sp³-hybridized carbons (Fsp3) is 0.267. The number of pyridine rings is 1. The lowest BCUT2D eigenvalue weighted by Crippen LogP contribution is -2.11. The molecule has 0 amide bonds. The van der Waals surface area contributed by atoms with E-state index in [1.54, 1.807) is 18.3 Å². The predicted molar refractivity (Wildman–Crippen MR) is 77.5 cm³/mol. The third kappa shape index (κ3) is 3.69. The molecule has 4 nitrogen and oxygen atoms in total. The van der Waals surface area contributed by atoms with Crippen molar-refractivity contribution in [2.45, 2.75) is 6.42 Å². The number of phenolic OH excluding ortho intramolecular Hbond substituents is 1. The number of aromatic nitrogens is 1. The Kier molecular flexibility index (Phi) is 4.75. The second kappa shape index (κ2) is 6.75. The van der Waals surface area contributed by atoms with Gasteiger partial charge in [0.05, 0.1) is 13.2 Å². The Bertz CT molecular complexity index is 555. The molecule has 0 aliphatic rings. The fourth-order valence-electron chi connectivity index (χ4n) is 1.81. The van der Waals surface area contributed by atoms with Gasteiger partial charge in [0.2, 0.25) is 0 Å². The number of hydrogen-bond donors (Lipinski definition) is 2. The lowest BCUT2D eigenvalue weighted by molar-refractivity contribution is 0.149. The molecule has 4 heteroatoms. The van der Waals surface area contributed by atoms with Gasteiger partial charge in [-0.15, -0.1) is 6.58 Å². The van der Waals surface area contributed by atoms with Crippen LogP contribution in [-0.2, 0) is 4.74 Å². The van der Waals surface area contributed by atoms with E-state index in [9.17, 15) is 5.11 Å². The second-order valence-electron chi connectivity index (χ2n) is 4.18. The first-order valence-electron chi connectivity index (χ1n) is 6.31. The van der Waals surface area contributed by atoms with Crippen molar-refractivity contribution in [1.82, 2.24) is 4.98 Å². The van der Waals surface area contributed by atoms with E-state index in [4.69, 9.17) is 4.74 Å². The van der Waals surface area contributed by atoms with Crippen LogP contribution in [0.2, 0.25) is 0 Å². The highest BCUT2D eigenvalue weighted by atomic mass is 16.5. The Balaban J connectivity index is 1.96. The summed E-state index contributed by atoms with van der Waals surface area (Å²) < 4.78 is 5.42. The van der Waals surface area contributed by atoms with Crippen LogP contribution in [0.3, 0.4) is 0 Å². The molecule has 2 rings (SSSR count). The Hall–Kier alpha value is -2.07. The fourth-order valence-corrected chi connectivity index (χ4v) is 1.81. The van der Waals surface area contributed by atoms with Crippen molar-refractivity contribution in [2.24, 2.45) is 0 Å². The normalized spacial score (nSPS) is 10.5. The summed E-state index contributed by atoms with van der Waals surface area (Å²) in [4.78, 5) is 4.29. The molecule has 0 aliphatic heterocycles. The van der Waals surface area contributed by atoms with Crippen LogP contribution in [0.1, 0.15) is 6.42 Å². The van der Waals surface area contributed by atoms with Crippen LogP contribution in [0.15, 0.2) is 43.1 Å². The minimum atomic E-state index is 0.241. The lowest BCUT2D eigenvalue weighted by atomic mass is 10.1. The summed E-state index contributed by atoms with van der Waals surface area (Å²) in [5, 5.41) is 14.7. The van der Waals surface area contributed by atoms with Gasteiger partial charge < -0.3 is 15.2 Å². The maximum absolute atomic E-state index is 9.53. The molecule has 0 aliphatic carbocycles. The number of rotatable bonds is 7. The number of nitrogens with zero attached hydrogens (tertiary/aromatic N) is 1. The van der Waals surface area contributed by atoms with Crippen molar-refractivity contribution in [3.8, 4) is 5.75 Å². The van der Waals surface area contributed by atoms with Crippen LogP contribution in [0.4, 0.5) is 5.82 Å². The average Bonchev–Trinajstić information content (AvgIpc) is 2.43. The third-order valence-corrected chi connectivity index (χ3v) is 2.75. The molecule has 0 atom stereocenters. The van der Waals surface area contributed by atoms with E-state index in [0.29, 0.717) is 19.8 Å². The van der Waals surface area contributed by atoms with E-state index < -0.39 is 0 Å². The van der Waals surface area contributed by atoms with Gasteiger partial charge in [0.25, 0.3) is 0 Å².